The Kier molecular flexibility index (Phi) is 4.63. The third-order valence-corrected chi connectivity index (χ3v) is 3.66. The van der Waals surface area contributed by atoms with Crippen LogP contribution in [0.4, 0.5) is 0 Å². The van der Waals surface area contributed by atoms with Crippen molar-refractivity contribution in [1.29, 1.82) is 0 Å². The van der Waals surface area contributed by atoms with Crippen molar-refractivity contribution in [3.63, 3.8) is 0 Å². The second-order valence-corrected chi connectivity index (χ2v) is 4.79. The Labute approximate surface area is 108 Å². The van der Waals surface area contributed by atoms with E-state index in [0.29, 0.717) is 12.6 Å². The van der Waals surface area contributed by atoms with E-state index in [1.54, 1.807) is 7.11 Å². The highest BCUT2D eigenvalue weighted by atomic mass is 16.5. The van der Waals surface area contributed by atoms with E-state index in [9.17, 15) is 0 Å². The Morgan fingerprint density at radius 1 is 1.39 bits per heavy atom. The number of nitrogens with zero attached hydrogens (tertiary/aromatic N) is 3. The highest BCUT2D eigenvalue weighted by Gasteiger charge is 2.25. The van der Waals surface area contributed by atoms with Crippen LogP contribution >= 0.6 is 0 Å². The minimum atomic E-state index is 0.225. The molecule has 0 saturated carbocycles. The minimum absolute atomic E-state index is 0.225. The van der Waals surface area contributed by atoms with E-state index in [1.807, 2.05) is 19.3 Å². The molecule has 1 aromatic heterocycles. The molecule has 2 heterocycles. The minimum Gasteiger partial charge on any atom is -0.381 e. The summed E-state index contributed by atoms with van der Waals surface area (Å²) in [5.41, 5.74) is 7.02. The first-order valence-corrected chi connectivity index (χ1v) is 6.50. The number of aromatic nitrogens is 2. The largest absolute Gasteiger partial charge is 0.381 e. The van der Waals surface area contributed by atoms with E-state index < -0.39 is 0 Å². The molecule has 1 fully saturated rings. The lowest BCUT2D eigenvalue weighted by Gasteiger charge is -2.36. The summed E-state index contributed by atoms with van der Waals surface area (Å²) in [7, 11) is 1.79. The molecule has 100 valence electrons. The van der Waals surface area contributed by atoms with Crippen LogP contribution in [0.15, 0.2) is 12.4 Å². The summed E-state index contributed by atoms with van der Waals surface area (Å²) in [6.07, 6.45) is 6.32. The molecular formula is C13H22N4O. The van der Waals surface area contributed by atoms with Gasteiger partial charge in [0.2, 0.25) is 0 Å². The number of ether oxygens (including phenoxy) is 1. The molecule has 2 N–H and O–H groups in total. The first-order chi connectivity index (χ1) is 8.74. The summed E-state index contributed by atoms with van der Waals surface area (Å²) in [6, 6.07) is 0.225. The average Bonchev–Trinajstić information content (AvgIpc) is 2.42. The van der Waals surface area contributed by atoms with Gasteiger partial charge in [-0.15, -0.1) is 0 Å². The van der Waals surface area contributed by atoms with Gasteiger partial charge in [-0.3, -0.25) is 4.90 Å². The summed E-state index contributed by atoms with van der Waals surface area (Å²) in [5.74, 6) is 0.799. The predicted octanol–water partition coefficient (Wildman–Crippen LogP) is 0.896. The summed E-state index contributed by atoms with van der Waals surface area (Å²) in [6.45, 7) is 4.54. The van der Waals surface area contributed by atoms with E-state index >= 15 is 0 Å². The fourth-order valence-electron chi connectivity index (χ4n) is 2.49. The lowest BCUT2D eigenvalue weighted by Crippen LogP contribution is -2.41. The van der Waals surface area contributed by atoms with Crippen molar-refractivity contribution < 1.29 is 4.74 Å². The van der Waals surface area contributed by atoms with Crippen molar-refractivity contribution >= 4 is 0 Å². The zero-order chi connectivity index (χ0) is 13.0. The molecule has 2 rings (SSSR count). The van der Waals surface area contributed by atoms with Crippen LogP contribution in [-0.4, -0.2) is 47.7 Å². The van der Waals surface area contributed by atoms with Gasteiger partial charge < -0.3 is 10.5 Å². The molecule has 5 nitrogen and oxygen atoms in total. The second kappa shape index (κ2) is 6.22. The number of hydrogen-bond donors (Lipinski definition) is 1. The fourth-order valence-corrected chi connectivity index (χ4v) is 2.49. The first-order valence-electron chi connectivity index (χ1n) is 6.50. The third kappa shape index (κ3) is 3.04. The van der Waals surface area contributed by atoms with Crippen molar-refractivity contribution in [2.24, 2.45) is 5.73 Å². The number of piperidine rings is 1. The summed E-state index contributed by atoms with van der Waals surface area (Å²) >= 11 is 0. The van der Waals surface area contributed by atoms with Crippen LogP contribution in [0.3, 0.4) is 0 Å². The molecule has 18 heavy (non-hydrogen) atoms. The van der Waals surface area contributed by atoms with E-state index in [2.05, 4.69) is 14.9 Å². The van der Waals surface area contributed by atoms with Crippen molar-refractivity contribution in [3.8, 4) is 0 Å². The standard InChI is InChI=1S/C13H22N4O/c1-10-15-8-11(9-16-10)13(7-14)17-5-3-12(18-2)4-6-17/h8-9,12-13H,3-7,14H2,1-2H3. The Hall–Kier alpha value is -1.04. The van der Waals surface area contributed by atoms with E-state index in [1.165, 1.54) is 0 Å². The van der Waals surface area contributed by atoms with Crippen LogP contribution in [0.5, 0.6) is 0 Å². The Morgan fingerprint density at radius 3 is 2.50 bits per heavy atom. The monoisotopic (exact) mass is 250 g/mol. The van der Waals surface area contributed by atoms with Gasteiger partial charge in [0, 0.05) is 44.7 Å². The number of nitrogens with two attached hydrogens (primary N) is 1. The van der Waals surface area contributed by atoms with E-state index in [0.717, 1.165) is 37.3 Å². The lowest BCUT2D eigenvalue weighted by molar-refractivity contribution is 0.0279. The molecular weight excluding hydrogens is 228 g/mol. The number of hydrogen-bond acceptors (Lipinski definition) is 5. The third-order valence-electron chi connectivity index (χ3n) is 3.66. The van der Waals surface area contributed by atoms with Crippen LogP contribution in [0.1, 0.15) is 30.3 Å². The van der Waals surface area contributed by atoms with Crippen LogP contribution in [-0.2, 0) is 4.74 Å². The average molecular weight is 250 g/mol. The van der Waals surface area contributed by atoms with Crippen molar-refractivity contribution in [3.05, 3.63) is 23.8 Å². The maximum absolute atomic E-state index is 5.91. The summed E-state index contributed by atoms with van der Waals surface area (Å²) < 4.78 is 5.39. The highest BCUT2D eigenvalue weighted by molar-refractivity contribution is 5.12. The van der Waals surface area contributed by atoms with Gasteiger partial charge in [0.1, 0.15) is 5.82 Å². The van der Waals surface area contributed by atoms with Crippen molar-refractivity contribution in [1.82, 2.24) is 14.9 Å². The predicted molar refractivity (Wildman–Crippen MR) is 70.2 cm³/mol. The van der Waals surface area contributed by atoms with Crippen LogP contribution in [0, 0.1) is 6.92 Å². The molecule has 0 aliphatic carbocycles. The lowest BCUT2D eigenvalue weighted by atomic mass is 10.0. The fraction of sp³-hybridized carbons (Fsp3) is 0.692. The zero-order valence-corrected chi connectivity index (χ0v) is 11.2. The molecule has 0 amide bonds. The molecule has 0 spiro atoms. The number of methoxy groups -OCH3 is 1. The highest BCUT2D eigenvalue weighted by Crippen LogP contribution is 2.23. The molecule has 0 bridgehead atoms. The maximum Gasteiger partial charge on any atom is 0.125 e. The quantitative estimate of drug-likeness (QED) is 0.860. The molecule has 1 aliphatic heterocycles. The Bertz CT molecular complexity index is 360. The normalized spacial score (nSPS) is 19.9. The summed E-state index contributed by atoms with van der Waals surface area (Å²) in [4.78, 5) is 10.9. The molecule has 1 saturated heterocycles. The van der Waals surface area contributed by atoms with Gasteiger partial charge in [-0.25, -0.2) is 9.97 Å². The van der Waals surface area contributed by atoms with E-state index in [-0.39, 0.29) is 6.04 Å². The molecule has 1 atom stereocenters. The molecule has 0 aromatic carbocycles. The van der Waals surface area contributed by atoms with Gasteiger partial charge in [0.25, 0.3) is 0 Å². The molecule has 5 heteroatoms. The van der Waals surface area contributed by atoms with Crippen molar-refractivity contribution in [2.45, 2.75) is 31.9 Å². The topological polar surface area (TPSA) is 64.3 Å². The van der Waals surface area contributed by atoms with Gasteiger partial charge >= 0.3 is 0 Å². The second-order valence-electron chi connectivity index (χ2n) is 4.79. The van der Waals surface area contributed by atoms with Gasteiger partial charge in [0.15, 0.2) is 0 Å². The van der Waals surface area contributed by atoms with Gasteiger partial charge in [-0.2, -0.15) is 0 Å². The number of likely N-dealkylation sites (tertiary alicyclic amines) is 1. The summed E-state index contributed by atoms with van der Waals surface area (Å²) in [5, 5.41) is 0. The van der Waals surface area contributed by atoms with Crippen LogP contribution in [0.25, 0.3) is 0 Å². The zero-order valence-electron chi connectivity index (χ0n) is 11.2. The Morgan fingerprint density at radius 2 is 2.00 bits per heavy atom. The van der Waals surface area contributed by atoms with Gasteiger partial charge in [0.05, 0.1) is 12.1 Å². The molecule has 0 radical (unpaired) electrons. The van der Waals surface area contributed by atoms with E-state index in [4.69, 9.17) is 10.5 Å². The van der Waals surface area contributed by atoms with Crippen molar-refractivity contribution in [2.75, 3.05) is 26.7 Å². The first kappa shape index (κ1) is 13.4. The number of aryl methyl sites for hydroxylation is 1. The van der Waals surface area contributed by atoms with Crippen LogP contribution in [0.2, 0.25) is 0 Å². The molecule has 1 aliphatic rings. The van der Waals surface area contributed by atoms with Crippen LogP contribution < -0.4 is 5.73 Å². The van der Waals surface area contributed by atoms with Gasteiger partial charge in [-0.1, -0.05) is 0 Å². The molecule has 1 unspecified atom stereocenters. The number of rotatable bonds is 4. The smallest absolute Gasteiger partial charge is 0.125 e. The SMILES string of the molecule is COC1CCN(C(CN)c2cnc(C)nc2)CC1. The van der Waals surface area contributed by atoms with Gasteiger partial charge in [-0.05, 0) is 19.8 Å². The molecule has 1 aromatic rings. The Balaban J connectivity index is 2.03. The maximum atomic E-state index is 5.91.